The molecule has 1 heterocycles. The summed E-state index contributed by atoms with van der Waals surface area (Å²) in [4.78, 5) is 11.4. The van der Waals surface area contributed by atoms with Crippen LogP contribution < -0.4 is 10.6 Å². The van der Waals surface area contributed by atoms with Crippen LogP contribution in [0.2, 0.25) is 0 Å². The maximum absolute atomic E-state index is 11.4. The summed E-state index contributed by atoms with van der Waals surface area (Å²) < 4.78 is 1.89. The average molecular weight is 250 g/mol. The van der Waals surface area contributed by atoms with E-state index in [2.05, 4.69) is 21.8 Å². The summed E-state index contributed by atoms with van der Waals surface area (Å²) in [6.07, 6.45) is 3.82. The van der Waals surface area contributed by atoms with Crippen LogP contribution in [0.25, 0.3) is 0 Å². The van der Waals surface area contributed by atoms with E-state index in [1.165, 1.54) is 5.69 Å². The number of hydrogen-bond acceptors (Lipinski definition) is 3. The van der Waals surface area contributed by atoms with Crippen LogP contribution in [0.5, 0.6) is 0 Å². The SMILES string of the molecule is Cc1cc(CNCCCC(=O)NC2CC2)n(C)n1. The Kier molecular flexibility index (Phi) is 4.36. The first-order valence-corrected chi connectivity index (χ1v) is 6.65. The quantitative estimate of drug-likeness (QED) is 0.706. The Morgan fingerprint density at radius 1 is 1.56 bits per heavy atom. The Bertz CT molecular complexity index is 409. The van der Waals surface area contributed by atoms with Gasteiger partial charge in [-0.25, -0.2) is 0 Å². The number of hydrogen-bond donors (Lipinski definition) is 2. The summed E-state index contributed by atoms with van der Waals surface area (Å²) >= 11 is 0. The molecule has 0 atom stereocenters. The summed E-state index contributed by atoms with van der Waals surface area (Å²) in [5.41, 5.74) is 2.22. The number of nitrogens with one attached hydrogen (secondary N) is 2. The van der Waals surface area contributed by atoms with Gasteiger partial charge in [0.05, 0.1) is 11.4 Å². The van der Waals surface area contributed by atoms with Crippen LogP contribution in [0.1, 0.15) is 37.1 Å². The Morgan fingerprint density at radius 3 is 2.94 bits per heavy atom. The third-order valence-corrected chi connectivity index (χ3v) is 3.10. The van der Waals surface area contributed by atoms with Crippen molar-refractivity contribution in [3.8, 4) is 0 Å². The molecule has 2 rings (SSSR count). The number of rotatable bonds is 7. The fourth-order valence-electron chi connectivity index (χ4n) is 1.95. The van der Waals surface area contributed by atoms with Gasteiger partial charge in [0, 0.05) is 26.1 Å². The van der Waals surface area contributed by atoms with Crippen LogP contribution in [0.4, 0.5) is 0 Å². The molecule has 2 N–H and O–H groups in total. The highest BCUT2D eigenvalue weighted by Crippen LogP contribution is 2.18. The van der Waals surface area contributed by atoms with Crippen molar-refractivity contribution in [3.63, 3.8) is 0 Å². The predicted octanol–water partition coefficient (Wildman–Crippen LogP) is 0.877. The Hall–Kier alpha value is -1.36. The van der Waals surface area contributed by atoms with Gasteiger partial charge in [-0.2, -0.15) is 5.10 Å². The topological polar surface area (TPSA) is 59.0 Å². The van der Waals surface area contributed by atoms with Crippen molar-refractivity contribution in [1.29, 1.82) is 0 Å². The molecule has 0 bridgehead atoms. The minimum Gasteiger partial charge on any atom is -0.353 e. The molecule has 0 spiro atoms. The normalized spacial score (nSPS) is 14.8. The lowest BCUT2D eigenvalue weighted by atomic mass is 10.3. The van der Waals surface area contributed by atoms with Crippen molar-refractivity contribution in [2.75, 3.05) is 6.54 Å². The van der Waals surface area contributed by atoms with E-state index in [1.807, 2.05) is 18.7 Å². The third-order valence-electron chi connectivity index (χ3n) is 3.10. The van der Waals surface area contributed by atoms with Crippen molar-refractivity contribution >= 4 is 5.91 Å². The Morgan fingerprint density at radius 2 is 2.33 bits per heavy atom. The minimum absolute atomic E-state index is 0.190. The molecule has 0 unspecified atom stereocenters. The molecule has 1 aromatic heterocycles. The van der Waals surface area contributed by atoms with Crippen molar-refractivity contribution in [3.05, 3.63) is 17.5 Å². The molecule has 5 heteroatoms. The lowest BCUT2D eigenvalue weighted by molar-refractivity contribution is -0.121. The maximum atomic E-state index is 11.4. The van der Waals surface area contributed by atoms with Crippen molar-refractivity contribution in [1.82, 2.24) is 20.4 Å². The van der Waals surface area contributed by atoms with Crippen molar-refractivity contribution in [2.24, 2.45) is 7.05 Å². The number of aryl methyl sites for hydroxylation is 2. The van der Waals surface area contributed by atoms with Gasteiger partial charge in [0.1, 0.15) is 0 Å². The fraction of sp³-hybridized carbons (Fsp3) is 0.692. The first-order valence-electron chi connectivity index (χ1n) is 6.65. The zero-order valence-corrected chi connectivity index (χ0v) is 11.2. The molecule has 1 saturated carbocycles. The van der Waals surface area contributed by atoms with E-state index in [-0.39, 0.29) is 5.91 Å². The van der Waals surface area contributed by atoms with Gasteiger partial charge in [-0.15, -0.1) is 0 Å². The summed E-state index contributed by atoms with van der Waals surface area (Å²) in [5, 5.41) is 10.6. The molecule has 18 heavy (non-hydrogen) atoms. The molecule has 1 aromatic rings. The molecular weight excluding hydrogens is 228 g/mol. The number of aromatic nitrogens is 2. The van der Waals surface area contributed by atoms with Gasteiger partial charge in [-0.3, -0.25) is 9.48 Å². The summed E-state index contributed by atoms with van der Waals surface area (Å²) in [6.45, 7) is 3.66. The molecule has 1 fully saturated rings. The monoisotopic (exact) mass is 250 g/mol. The molecule has 1 aliphatic rings. The molecule has 0 saturated heterocycles. The van der Waals surface area contributed by atoms with Gasteiger partial charge < -0.3 is 10.6 Å². The van der Waals surface area contributed by atoms with Crippen LogP contribution in [-0.4, -0.2) is 28.3 Å². The molecule has 1 amide bonds. The lowest BCUT2D eigenvalue weighted by Gasteiger charge is -2.05. The minimum atomic E-state index is 0.190. The number of carbonyl (C=O) groups is 1. The molecule has 0 aliphatic heterocycles. The largest absolute Gasteiger partial charge is 0.353 e. The summed E-state index contributed by atoms with van der Waals surface area (Å²) in [5.74, 6) is 0.190. The van der Waals surface area contributed by atoms with Gasteiger partial charge in [-0.1, -0.05) is 0 Å². The smallest absolute Gasteiger partial charge is 0.220 e. The first kappa shape index (κ1) is 13.1. The van der Waals surface area contributed by atoms with E-state index < -0.39 is 0 Å². The molecular formula is C13H22N4O. The number of carbonyl (C=O) groups excluding carboxylic acids is 1. The van der Waals surface area contributed by atoms with Crippen LogP contribution >= 0.6 is 0 Å². The molecule has 0 radical (unpaired) electrons. The number of amides is 1. The van der Waals surface area contributed by atoms with Crippen molar-refractivity contribution < 1.29 is 4.79 Å². The zero-order chi connectivity index (χ0) is 13.0. The van der Waals surface area contributed by atoms with Crippen LogP contribution in [0, 0.1) is 6.92 Å². The van der Waals surface area contributed by atoms with E-state index in [1.54, 1.807) is 0 Å². The van der Waals surface area contributed by atoms with E-state index in [0.717, 1.165) is 38.0 Å². The zero-order valence-electron chi connectivity index (χ0n) is 11.2. The summed E-state index contributed by atoms with van der Waals surface area (Å²) in [6, 6.07) is 2.55. The summed E-state index contributed by atoms with van der Waals surface area (Å²) in [7, 11) is 1.95. The first-order chi connectivity index (χ1) is 8.65. The van der Waals surface area contributed by atoms with Gasteiger partial charge in [0.15, 0.2) is 0 Å². The second-order valence-corrected chi connectivity index (χ2v) is 5.02. The van der Waals surface area contributed by atoms with E-state index in [4.69, 9.17) is 0 Å². The highest BCUT2D eigenvalue weighted by atomic mass is 16.1. The van der Waals surface area contributed by atoms with Gasteiger partial charge >= 0.3 is 0 Å². The molecule has 0 aromatic carbocycles. The maximum Gasteiger partial charge on any atom is 0.220 e. The average Bonchev–Trinajstić information content (AvgIpc) is 3.04. The molecule has 100 valence electrons. The number of nitrogens with zero attached hydrogens (tertiary/aromatic N) is 2. The fourth-order valence-corrected chi connectivity index (χ4v) is 1.95. The highest BCUT2D eigenvalue weighted by Gasteiger charge is 2.22. The van der Waals surface area contributed by atoms with Crippen molar-refractivity contribution in [2.45, 2.75) is 45.2 Å². The van der Waals surface area contributed by atoms with E-state index in [0.29, 0.717) is 12.5 Å². The van der Waals surface area contributed by atoms with Gasteiger partial charge in [0.25, 0.3) is 0 Å². The molecule has 1 aliphatic carbocycles. The van der Waals surface area contributed by atoms with Crippen LogP contribution in [-0.2, 0) is 18.4 Å². The van der Waals surface area contributed by atoms with Gasteiger partial charge in [-0.05, 0) is 38.8 Å². The second kappa shape index (κ2) is 6.00. The molecule has 5 nitrogen and oxygen atoms in total. The second-order valence-electron chi connectivity index (χ2n) is 5.02. The Balaban J connectivity index is 1.55. The highest BCUT2D eigenvalue weighted by molar-refractivity contribution is 5.76. The van der Waals surface area contributed by atoms with Gasteiger partial charge in [0.2, 0.25) is 5.91 Å². The van der Waals surface area contributed by atoms with E-state index in [9.17, 15) is 4.79 Å². The Labute approximate surface area is 108 Å². The van der Waals surface area contributed by atoms with Crippen LogP contribution in [0.3, 0.4) is 0 Å². The lowest BCUT2D eigenvalue weighted by Crippen LogP contribution is -2.26. The standard InChI is InChI=1S/C13H22N4O/c1-10-8-12(17(2)16-10)9-14-7-3-4-13(18)15-11-5-6-11/h8,11,14H,3-7,9H2,1-2H3,(H,15,18). The predicted molar refractivity (Wildman–Crippen MR) is 70.1 cm³/mol. The van der Waals surface area contributed by atoms with Crippen LogP contribution in [0.15, 0.2) is 6.07 Å². The third kappa shape index (κ3) is 4.14. The van der Waals surface area contributed by atoms with E-state index >= 15 is 0 Å².